The first-order valence-electron chi connectivity index (χ1n) is 10.9. The Hall–Kier alpha value is -3.85. The molecule has 4 aromatic heterocycles. The SMILES string of the molecule is COc1ncc(-c2cc3cc[nH]c(=O)c3c(Nc3ccc(C4CCN(C)CC4)nc3)n2)cn1. The van der Waals surface area contributed by atoms with Crippen molar-refractivity contribution in [2.45, 2.75) is 18.8 Å². The lowest BCUT2D eigenvalue weighted by molar-refractivity contribution is 0.253. The zero-order chi connectivity index (χ0) is 22.8. The van der Waals surface area contributed by atoms with Crippen LogP contribution in [0.3, 0.4) is 0 Å². The quantitative estimate of drug-likeness (QED) is 0.483. The summed E-state index contributed by atoms with van der Waals surface area (Å²) in [6.07, 6.45) is 8.96. The van der Waals surface area contributed by atoms with E-state index in [0.29, 0.717) is 22.8 Å². The molecular formula is C24H25N7O2. The number of aromatic nitrogens is 5. The zero-order valence-electron chi connectivity index (χ0n) is 18.6. The Balaban J connectivity index is 1.48. The fraction of sp³-hybridized carbons (Fsp3) is 0.292. The van der Waals surface area contributed by atoms with Gasteiger partial charge in [0.05, 0.1) is 30.1 Å². The monoisotopic (exact) mass is 443 g/mol. The minimum atomic E-state index is -0.212. The Morgan fingerprint density at radius 2 is 1.88 bits per heavy atom. The molecule has 1 saturated heterocycles. The van der Waals surface area contributed by atoms with Crippen LogP contribution in [0.25, 0.3) is 22.0 Å². The van der Waals surface area contributed by atoms with E-state index in [9.17, 15) is 4.79 Å². The molecule has 9 heteroatoms. The maximum atomic E-state index is 12.6. The van der Waals surface area contributed by atoms with E-state index in [4.69, 9.17) is 14.7 Å². The number of fused-ring (bicyclic) bond motifs is 1. The van der Waals surface area contributed by atoms with Crippen molar-refractivity contribution in [1.29, 1.82) is 0 Å². The average molecular weight is 444 g/mol. The molecule has 33 heavy (non-hydrogen) atoms. The van der Waals surface area contributed by atoms with Crippen molar-refractivity contribution in [2.75, 3.05) is 32.6 Å². The van der Waals surface area contributed by atoms with Crippen molar-refractivity contribution in [2.24, 2.45) is 0 Å². The van der Waals surface area contributed by atoms with Gasteiger partial charge in [0.25, 0.3) is 5.56 Å². The maximum Gasteiger partial charge on any atom is 0.316 e. The second kappa shape index (κ2) is 8.95. The number of pyridine rings is 3. The zero-order valence-corrected chi connectivity index (χ0v) is 18.6. The predicted octanol–water partition coefficient (Wildman–Crippen LogP) is 3.34. The van der Waals surface area contributed by atoms with Crippen molar-refractivity contribution in [3.05, 3.63) is 65.1 Å². The number of nitrogens with zero attached hydrogens (tertiary/aromatic N) is 5. The van der Waals surface area contributed by atoms with E-state index in [-0.39, 0.29) is 11.6 Å². The third-order valence-corrected chi connectivity index (χ3v) is 6.05. The lowest BCUT2D eigenvalue weighted by atomic mass is 9.93. The summed E-state index contributed by atoms with van der Waals surface area (Å²) >= 11 is 0. The third-order valence-electron chi connectivity index (χ3n) is 6.05. The molecule has 9 nitrogen and oxygen atoms in total. The van der Waals surface area contributed by atoms with Gasteiger partial charge in [-0.2, -0.15) is 0 Å². The lowest BCUT2D eigenvalue weighted by Crippen LogP contribution is -2.29. The minimum Gasteiger partial charge on any atom is -0.467 e. The van der Waals surface area contributed by atoms with E-state index in [1.165, 1.54) is 7.11 Å². The van der Waals surface area contributed by atoms with E-state index in [1.807, 2.05) is 24.4 Å². The molecule has 0 unspecified atom stereocenters. The van der Waals surface area contributed by atoms with Gasteiger partial charge in [0.15, 0.2) is 0 Å². The minimum absolute atomic E-state index is 0.212. The van der Waals surface area contributed by atoms with Gasteiger partial charge in [0.2, 0.25) is 0 Å². The lowest BCUT2D eigenvalue weighted by Gasteiger charge is -2.28. The second-order valence-corrected chi connectivity index (χ2v) is 8.26. The first-order chi connectivity index (χ1) is 16.1. The van der Waals surface area contributed by atoms with Gasteiger partial charge in [-0.05, 0) is 62.6 Å². The standard InChI is InChI=1S/C24H25N7O2/c1-31-9-6-15(7-10-31)19-4-3-18(14-26-19)29-22-21-16(5-8-25-23(21)32)11-20(30-22)17-12-27-24(33-2)28-13-17/h3-5,8,11-15H,6-7,9-10H2,1-2H3,(H,25,32)(H,29,30). The Morgan fingerprint density at radius 1 is 1.09 bits per heavy atom. The Labute approximate surface area is 190 Å². The van der Waals surface area contributed by atoms with Crippen LogP contribution >= 0.6 is 0 Å². The number of H-pyrrole nitrogens is 1. The van der Waals surface area contributed by atoms with Crippen molar-refractivity contribution in [1.82, 2.24) is 29.8 Å². The summed E-state index contributed by atoms with van der Waals surface area (Å²) in [4.78, 5) is 35.4. The van der Waals surface area contributed by atoms with Gasteiger partial charge >= 0.3 is 6.01 Å². The summed E-state index contributed by atoms with van der Waals surface area (Å²) in [5.74, 6) is 0.935. The van der Waals surface area contributed by atoms with Gasteiger partial charge < -0.3 is 19.9 Å². The van der Waals surface area contributed by atoms with E-state index >= 15 is 0 Å². The smallest absolute Gasteiger partial charge is 0.316 e. The van der Waals surface area contributed by atoms with E-state index in [1.54, 1.807) is 18.6 Å². The van der Waals surface area contributed by atoms with Crippen LogP contribution in [0.4, 0.5) is 11.5 Å². The van der Waals surface area contributed by atoms with Crippen LogP contribution in [0.5, 0.6) is 6.01 Å². The van der Waals surface area contributed by atoms with Gasteiger partial charge in [0.1, 0.15) is 5.82 Å². The highest BCUT2D eigenvalue weighted by Crippen LogP contribution is 2.29. The molecule has 0 radical (unpaired) electrons. The van der Waals surface area contributed by atoms with E-state index in [2.05, 4.69) is 38.3 Å². The maximum absolute atomic E-state index is 12.6. The van der Waals surface area contributed by atoms with Crippen LogP contribution in [0.1, 0.15) is 24.5 Å². The van der Waals surface area contributed by atoms with Crippen LogP contribution < -0.4 is 15.6 Å². The summed E-state index contributed by atoms with van der Waals surface area (Å²) in [5, 5.41) is 4.53. The number of piperidine rings is 1. The first kappa shape index (κ1) is 21.0. The highest BCUT2D eigenvalue weighted by atomic mass is 16.5. The van der Waals surface area contributed by atoms with Gasteiger partial charge in [-0.15, -0.1) is 0 Å². The second-order valence-electron chi connectivity index (χ2n) is 8.26. The summed E-state index contributed by atoms with van der Waals surface area (Å²) < 4.78 is 5.04. The molecule has 2 N–H and O–H groups in total. The fourth-order valence-electron chi connectivity index (χ4n) is 4.17. The van der Waals surface area contributed by atoms with E-state index in [0.717, 1.165) is 48.3 Å². The van der Waals surface area contributed by atoms with Crippen molar-refractivity contribution >= 4 is 22.3 Å². The Kier molecular flexibility index (Phi) is 5.70. The average Bonchev–Trinajstić information content (AvgIpc) is 2.85. The highest BCUT2D eigenvalue weighted by molar-refractivity contribution is 5.95. The molecule has 0 aromatic carbocycles. The fourth-order valence-corrected chi connectivity index (χ4v) is 4.17. The van der Waals surface area contributed by atoms with Gasteiger partial charge in [-0.25, -0.2) is 15.0 Å². The molecule has 1 aliphatic heterocycles. The number of hydrogen-bond acceptors (Lipinski definition) is 8. The van der Waals surface area contributed by atoms with Gasteiger partial charge in [0, 0.05) is 35.8 Å². The largest absolute Gasteiger partial charge is 0.467 e. The van der Waals surface area contributed by atoms with Crippen molar-refractivity contribution in [3.63, 3.8) is 0 Å². The number of methoxy groups -OCH3 is 1. The van der Waals surface area contributed by atoms with E-state index < -0.39 is 0 Å². The first-order valence-corrected chi connectivity index (χ1v) is 10.9. The molecule has 4 aromatic rings. The summed E-state index contributed by atoms with van der Waals surface area (Å²) in [6, 6.07) is 8.03. The molecule has 1 fully saturated rings. The number of likely N-dealkylation sites (tertiary alicyclic amines) is 1. The molecule has 0 spiro atoms. The van der Waals surface area contributed by atoms with Crippen molar-refractivity contribution < 1.29 is 4.74 Å². The summed E-state index contributed by atoms with van der Waals surface area (Å²) in [6.45, 7) is 2.18. The molecule has 5 heterocycles. The molecule has 0 amide bonds. The number of rotatable bonds is 5. The molecule has 168 valence electrons. The van der Waals surface area contributed by atoms with Gasteiger partial charge in [-0.1, -0.05) is 0 Å². The number of hydrogen-bond donors (Lipinski definition) is 2. The highest BCUT2D eigenvalue weighted by Gasteiger charge is 2.19. The molecule has 0 saturated carbocycles. The topological polar surface area (TPSA) is 109 Å². The number of nitrogens with one attached hydrogen (secondary N) is 2. The normalized spacial score (nSPS) is 15.0. The number of ether oxygens (including phenoxy) is 1. The molecule has 5 rings (SSSR count). The Morgan fingerprint density at radius 3 is 2.58 bits per heavy atom. The number of aromatic amines is 1. The van der Waals surface area contributed by atoms with Crippen LogP contribution in [-0.2, 0) is 0 Å². The third kappa shape index (κ3) is 4.40. The molecular weight excluding hydrogens is 418 g/mol. The molecule has 0 atom stereocenters. The summed E-state index contributed by atoms with van der Waals surface area (Å²) in [7, 11) is 3.67. The van der Waals surface area contributed by atoms with Crippen LogP contribution in [-0.4, -0.2) is 57.1 Å². The van der Waals surface area contributed by atoms with Crippen LogP contribution in [0.15, 0.2) is 53.8 Å². The molecule has 1 aliphatic rings. The van der Waals surface area contributed by atoms with Crippen LogP contribution in [0, 0.1) is 0 Å². The molecule has 0 aliphatic carbocycles. The Bertz CT molecular complexity index is 1310. The van der Waals surface area contributed by atoms with Crippen LogP contribution in [0.2, 0.25) is 0 Å². The molecule has 0 bridgehead atoms. The van der Waals surface area contributed by atoms with Crippen molar-refractivity contribution in [3.8, 4) is 17.3 Å². The predicted molar refractivity (Wildman–Crippen MR) is 127 cm³/mol. The van der Waals surface area contributed by atoms with Gasteiger partial charge in [-0.3, -0.25) is 9.78 Å². The summed E-state index contributed by atoms with van der Waals surface area (Å²) in [5.41, 5.74) is 3.03. The number of anilines is 2.